The third-order valence-corrected chi connectivity index (χ3v) is 7.48. The lowest BCUT2D eigenvalue weighted by atomic mass is 10.2. The van der Waals surface area contributed by atoms with Crippen molar-refractivity contribution in [1.82, 2.24) is 9.97 Å². The van der Waals surface area contributed by atoms with Crippen LogP contribution in [0.5, 0.6) is 5.75 Å². The van der Waals surface area contributed by atoms with Gasteiger partial charge in [-0.15, -0.1) is 0 Å². The summed E-state index contributed by atoms with van der Waals surface area (Å²) in [5.74, 6) is 0.153. The average molecular weight is 487 g/mol. The smallest absolute Gasteiger partial charge is 0.264 e. The molecular weight excluding hydrogens is 464 g/mol. The van der Waals surface area contributed by atoms with Crippen LogP contribution < -0.4 is 14.4 Å². The van der Waals surface area contributed by atoms with Crippen LogP contribution in [0.25, 0.3) is 0 Å². The van der Waals surface area contributed by atoms with Gasteiger partial charge in [0.05, 0.1) is 10.6 Å². The Morgan fingerprint density at radius 1 is 0.971 bits per heavy atom. The fourth-order valence-electron chi connectivity index (χ4n) is 3.90. The lowest BCUT2D eigenvalue weighted by molar-refractivity contribution is 0.102. The Balaban J connectivity index is 1.35. The van der Waals surface area contributed by atoms with Crippen LogP contribution in [0, 0.1) is 0 Å². The van der Waals surface area contributed by atoms with Crippen molar-refractivity contribution in [2.75, 3.05) is 16.2 Å². The molecule has 176 valence electrons. The van der Waals surface area contributed by atoms with E-state index in [0.29, 0.717) is 24.4 Å². The Kier molecular flexibility index (Phi) is 6.15. The molecule has 5 rings (SSSR count). The van der Waals surface area contributed by atoms with E-state index in [9.17, 15) is 13.2 Å². The van der Waals surface area contributed by atoms with E-state index in [1.165, 1.54) is 16.4 Å². The second-order valence-electron chi connectivity index (χ2n) is 7.93. The summed E-state index contributed by atoms with van der Waals surface area (Å²) in [7, 11) is -3.82. The highest BCUT2D eigenvalue weighted by molar-refractivity contribution is 7.92. The van der Waals surface area contributed by atoms with E-state index in [0.717, 1.165) is 11.1 Å². The molecule has 1 amide bonds. The monoisotopic (exact) mass is 486 g/mol. The van der Waals surface area contributed by atoms with Crippen molar-refractivity contribution < 1.29 is 17.9 Å². The molecule has 8 nitrogen and oxygen atoms in total. The number of para-hydroxylation sites is 1. The number of rotatable bonds is 7. The number of ether oxygens (including phenoxy) is 1. The number of sulfonamides is 1. The summed E-state index contributed by atoms with van der Waals surface area (Å²) in [5.41, 5.74) is 2.78. The summed E-state index contributed by atoms with van der Waals surface area (Å²) in [6, 6.07) is 20.5. The zero-order valence-electron chi connectivity index (χ0n) is 18.7. The van der Waals surface area contributed by atoms with E-state index < -0.39 is 15.9 Å². The highest BCUT2D eigenvalue weighted by Gasteiger charge is 2.31. The molecule has 3 heterocycles. The molecule has 0 fully saturated rings. The SMILES string of the molecule is O=C(Nc1ncccc1OCc1ccncc1)c1cccc(S(=O)(=O)N2CCc3ccccc32)c1. The van der Waals surface area contributed by atoms with Crippen LogP contribution in [0.1, 0.15) is 21.5 Å². The van der Waals surface area contributed by atoms with E-state index in [1.807, 2.05) is 30.3 Å². The van der Waals surface area contributed by atoms with Gasteiger partial charge in [-0.2, -0.15) is 0 Å². The van der Waals surface area contributed by atoms with Gasteiger partial charge in [0.1, 0.15) is 6.61 Å². The molecule has 0 aliphatic carbocycles. The van der Waals surface area contributed by atoms with Crippen LogP contribution in [0.4, 0.5) is 11.5 Å². The number of fused-ring (bicyclic) bond motifs is 1. The van der Waals surface area contributed by atoms with Crippen LogP contribution in [0.2, 0.25) is 0 Å². The zero-order valence-corrected chi connectivity index (χ0v) is 19.5. The molecule has 0 atom stereocenters. The van der Waals surface area contributed by atoms with E-state index in [1.54, 1.807) is 48.9 Å². The highest BCUT2D eigenvalue weighted by Crippen LogP contribution is 2.33. The van der Waals surface area contributed by atoms with Gasteiger partial charge in [0.25, 0.3) is 15.9 Å². The molecule has 0 spiro atoms. The van der Waals surface area contributed by atoms with Crippen molar-refractivity contribution in [2.45, 2.75) is 17.9 Å². The van der Waals surface area contributed by atoms with Crippen molar-refractivity contribution in [1.29, 1.82) is 0 Å². The molecule has 0 bridgehead atoms. The molecule has 2 aromatic heterocycles. The number of carbonyl (C=O) groups excluding carboxylic acids is 1. The Morgan fingerprint density at radius 3 is 2.66 bits per heavy atom. The third kappa shape index (κ3) is 4.71. The van der Waals surface area contributed by atoms with Gasteiger partial charge in [-0.3, -0.25) is 14.1 Å². The third-order valence-electron chi connectivity index (χ3n) is 5.68. The maximum atomic E-state index is 13.4. The summed E-state index contributed by atoms with van der Waals surface area (Å²) < 4.78 is 33.9. The summed E-state index contributed by atoms with van der Waals surface area (Å²) in [6.45, 7) is 0.645. The highest BCUT2D eigenvalue weighted by atomic mass is 32.2. The molecule has 0 saturated carbocycles. The lowest BCUT2D eigenvalue weighted by Gasteiger charge is -2.20. The molecule has 35 heavy (non-hydrogen) atoms. The quantitative estimate of drug-likeness (QED) is 0.423. The van der Waals surface area contributed by atoms with Crippen molar-refractivity contribution in [2.24, 2.45) is 0 Å². The number of anilines is 2. The number of carbonyl (C=O) groups is 1. The first-order valence-corrected chi connectivity index (χ1v) is 12.5. The number of hydrogen-bond acceptors (Lipinski definition) is 6. The predicted octanol–water partition coefficient (Wildman–Crippen LogP) is 4.06. The van der Waals surface area contributed by atoms with E-state index >= 15 is 0 Å². The minimum absolute atomic E-state index is 0.0528. The second kappa shape index (κ2) is 9.55. The van der Waals surface area contributed by atoms with E-state index in [4.69, 9.17) is 4.74 Å². The van der Waals surface area contributed by atoms with Gasteiger partial charge < -0.3 is 10.1 Å². The summed E-state index contributed by atoms with van der Waals surface area (Å²) in [5, 5.41) is 2.73. The van der Waals surface area contributed by atoms with E-state index in [2.05, 4.69) is 15.3 Å². The molecule has 0 saturated heterocycles. The molecule has 9 heteroatoms. The summed E-state index contributed by atoms with van der Waals surface area (Å²) in [6.07, 6.45) is 5.54. The first-order chi connectivity index (χ1) is 17.0. The molecule has 1 aliphatic rings. The van der Waals surface area contributed by atoms with E-state index in [-0.39, 0.29) is 22.9 Å². The molecule has 2 aromatic carbocycles. The summed E-state index contributed by atoms with van der Waals surface area (Å²) >= 11 is 0. The number of aromatic nitrogens is 2. The second-order valence-corrected chi connectivity index (χ2v) is 9.79. The van der Waals surface area contributed by atoms with Crippen LogP contribution in [0.3, 0.4) is 0 Å². The van der Waals surface area contributed by atoms with Gasteiger partial charge in [-0.25, -0.2) is 13.4 Å². The fourth-order valence-corrected chi connectivity index (χ4v) is 5.45. The maximum absolute atomic E-state index is 13.4. The Morgan fingerprint density at radius 2 is 1.80 bits per heavy atom. The maximum Gasteiger partial charge on any atom is 0.264 e. The van der Waals surface area contributed by atoms with Gasteiger partial charge in [0.15, 0.2) is 11.6 Å². The van der Waals surface area contributed by atoms with Crippen LogP contribution in [0.15, 0.2) is 96.3 Å². The van der Waals surface area contributed by atoms with Gasteiger partial charge in [0.2, 0.25) is 0 Å². The van der Waals surface area contributed by atoms with Gasteiger partial charge in [0, 0.05) is 30.7 Å². The standard InChI is InChI=1S/C26H22N4O4S/c31-26(29-25-24(9-4-13-28-25)34-18-19-10-14-27-15-11-19)21-6-3-7-22(17-21)35(32,33)30-16-12-20-5-1-2-8-23(20)30/h1-11,13-15,17H,12,16,18H2,(H,28,29,31). The average Bonchev–Trinajstić information content (AvgIpc) is 3.34. The lowest BCUT2D eigenvalue weighted by Crippen LogP contribution is -2.29. The minimum Gasteiger partial charge on any atom is -0.485 e. The first-order valence-electron chi connectivity index (χ1n) is 11.0. The van der Waals surface area contributed by atoms with Gasteiger partial charge >= 0.3 is 0 Å². The number of amides is 1. The molecular formula is C26H22N4O4S. The minimum atomic E-state index is -3.82. The predicted molar refractivity (Wildman–Crippen MR) is 132 cm³/mol. The van der Waals surface area contributed by atoms with Crippen LogP contribution in [-0.2, 0) is 23.1 Å². The van der Waals surface area contributed by atoms with Crippen molar-refractivity contribution in [3.05, 3.63) is 108 Å². The molecule has 0 radical (unpaired) electrons. The zero-order chi connectivity index (χ0) is 24.3. The molecule has 1 N–H and O–H groups in total. The van der Waals surface area contributed by atoms with Gasteiger partial charge in [-0.05, 0) is 66.1 Å². The Labute approximate surface area is 203 Å². The van der Waals surface area contributed by atoms with Crippen molar-refractivity contribution in [3.8, 4) is 5.75 Å². The molecule has 4 aromatic rings. The number of hydrogen-bond donors (Lipinski definition) is 1. The topological polar surface area (TPSA) is 101 Å². The molecule has 1 aliphatic heterocycles. The normalized spacial score (nSPS) is 12.7. The molecule has 0 unspecified atom stereocenters. The fraction of sp³-hybridized carbons (Fsp3) is 0.115. The van der Waals surface area contributed by atoms with Crippen molar-refractivity contribution >= 4 is 27.4 Å². The van der Waals surface area contributed by atoms with Crippen LogP contribution >= 0.6 is 0 Å². The van der Waals surface area contributed by atoms with Crippen molar-refractivity contribution in [3.63, 3.8) is 0 Å². The number of nitrogens with one attached hydrogen (secondary N) is 1. The summed E-state index contributed by atoms with van der Waals surface area (Å²) in [4.78, 5) is 21.3. The Bertz CT molecular complexity index is 1480. The van der Waals surface area contributed by atoms with Gasteiger partial charge in [-0.1, -0.05) is 24.3 Å². The number of benzene rings is 2. The largest absolute Gasteiger partial charge is 0.485 e. The first kappa shape index (κ1) is 22.5. The number of nitrogens with zero attached hydrogens (tertiary/aromatic N) is 3. The van der Waals surface area contributed by atoms with Crippen LogP contribution in [-0.4, -0.2) is 30.8 Å². The number of pyridine rings is 2. The Hall–Kier alpha value is -4.24.